The number of hydrogen-bond acceptors (Lipinski definition) is 5. The molecule has 0 fully saturated rings. The van der Waals surface area contributed by atoms with E-state index in [0.717, 1.165) is 0 Å². The van der Waals surface area contributed by atoms with Crippen molar-refractivity contribution in [2.75, 3.05) is 6.61 Å². The van der Waals surface area contributed by atoms with Crippen LogP contribution in [-0.4, -0.2) is 56.1 Å². The Morgan fingerprint density at radius 3 is 1.85 bits per heavy atom. The van der Waals surface area contributed by atoms with E-state index in [4.69, 9.17) is 10.2 Å². The molecule has 0 spiro atoms. The van der Waals surface area contributed by atoms with Crippen LogP contribution >= 0.6 is 0 Å². The summed E-state index contributed by atoms with van der Waals surface area (Å²) in [5.74, 6) is 0. The predicted octanol–water partition coefficient (Wildman–Crippen LogP) is -1.78. The van der Waals surface area contributed by atoms with Crippen molar-refractivity contribution in [3.8, 4) is 0 Å². The molecule has 13 heavy (non-hydrogen) atoms. The average molecular weight is 194 g/mol. The zero-order valence-corrected chi connectivity index (χ0v) is 7.88. The summed E-state index contributed by atoms with van der Waals surface area (Å²) in [4.78, 5) is 0. The SMILES string of the molecule is CC(O)CC(O)(C(C)O)C(O)CO. The number of rotatable bonds is 5. The fourth-order valence-electron chi connectivity index (χ4n) is 1.22. The van der Waals surface area contributed by atoms with Crippen molar-refractivity contribution in [2.45, 2.75) is 44.2 Å². The summed E-state index contributed by atoms with van der Waals surface area (Å²) in [6.07, 6.45) is -3.72. The molecule has 0 aliphatic carbocycles. The molecule has 4 atom stereocenters. The quantitative estimate of drug-likeness (QED) is 0.356. The minimum atomic E-state index is -1.86. The normalized spacial score (nSPS) is 23.3. The molecule has 0 radical (unpaired) electrons. The summed E-state index contributed by atoms with van der Waals surface area (Å²) in [6.45, 7) is 2.06. The van der Waals surface area contributed by atoms with Crippen molar-refractivity contribution < 1.29 is 25.5 Å². The third-order valence-corrected chi connectivity index (χ3v) is 2.10. The molecule has 0 aliphatic rings. The van der Waals surface area contributed by atoms with E-state index in [1.165, 1.54) is 13.8 Å². The van der Waals surface area contributed by atoms with E-state index >= 15 is 0 Å². The molecule has 0 heterocycles. The molecule has 0 saturated carbocycles. The van der Waals surface area contributed by atoms with Crippen molar-refractivity contribution in [1.29, 1.82) is 0 Å². The van der Waals surface area contributed by atoms with E-state index in [9.17, 15) is 15.3 Å². The summed E-state index contributed by atoms with van der Waals surface area (Å²) in [7, 11) is 0. The molecule has 5 nitrogen and oxygen atoms in total. The molecule has 0 saturated heterocycles. The highest BCUT2D eigenvalue weighted by Gasteiger charge is 2.40. The van der Waals surface area contributed by atoms with Gasteiger partial charge in [-0.1, -0.05) is 0 Å². The Bertz CT molecular complexity index is 147. The van der Waals surface area contributed by atoms with Crippen LogP contribution in [0.15, 0.2) is 0 Å². The van der Waals surface area contributed by atoms with E-state index in [1.807, 2.05) is 0 Å². The highest BCUT2D eigenvalue weighted by atomic mass is 16.4. The van der Waals surface area contributed by atoms with E-state index in [0.29, 0.717) is 0 Å². The molecule has 0 aromatic carbocycles. The lowest BCUT2D eigenvalue weighted by molar-refractivity contribution is -0.166. The van der Waals surface area contributed by atoms with Gasteiger partial charge in [0.1, 0.15) is 11.7 Å². The Labute approximate surface area is 77.3 Å². The number of aliphatic hydroxyl groups excluding tert-OH is 4. The fourth-order valence-corrected chi connectivity index (χ4v) is 1.22. The molecule has 0 amide bonds. The van der Waals surface area contributed by atoms with Crippen LogP contribution in [0, 0.1) is 0 Å². The first-order chi connectivity index (χ1) is 5.84. The molecule has 0 rings (SSSR count). The van der Waals surface area contributed by atoms with Crippen molar-refractivity contribution >= 4 is 0 Å². The Morgan fingerprint density at radius 2 is 1.62 bits per heavy atom. The minimum absolute atomic E-state index is 0.188. The van der Waals surface area contributed by atoms with E-state index in [1.54, 1.807) is 0 Å². The Hall–Kier alpha value is -0.200. The molecule has 80 valence electrons. The topological polar surface area (TPSA) is 101 Å². The van der Waals surface area contributed by atoms with E-state index in [-0.39, 0.29) is 6.42 Å². The maximum Gasteiger partial charge on any atom is 0.121 e. The molecule has 0 aliphatic heterocycles. The third-order valence-electron chi connectivity index (χ3n) is 2.10. The van der Waals surface area contributed by atoms with Crippen molar-refractivity contribution in [3.63, 3.8) is 0 Å². The van der Waals surface area contributed by atoms with Crippen molar-refractivity contribution in [3.05, 3.63) is 0 Å². The summed E-state index contributed by atoms with van der Waals surface area (Å²) < 4.78 is 0. The first kappa shape index (κ1) is 12.8. The van der Waals surface area contributed by atoms with Gasteiger partial charge in [0.2, 0.25) is 0 Å². The van der Waals surface area contributed by atoms with Gasteiger partial charge in [-0.15, -0.1) is 0 Å². The zero-order valence-electron chi connectivity index (χ0n) is 7.88. The lowest BCUT2D eigenvalue weighted by Crippen LogP contribution is -2.54. The largest absolute Gasteiger partial charge is 0.394 e. The van der Waals surface area contributed by atoms with Crippen LogP contribution in [0.2, 0.25) is 0 Å². The molecular weight excluding hydrogens is 176 g/mol. The lowest BCUT2D eigenvalue weighted by Gasteiger charge is -2.35. The Kier molecular flexibility index (Phi) is 4.80. The first-order valence-corrected chi connectivity index (χ1v) is 4.22. The van der Waals surface area contributed by atoms with Gasteiger partial charge in [-0.25, -0.2) is 0 Å². The number of aliphatic hydroxyl groups is 5. The van der Waals surface area contributed by atoms with E-state index < -0.39 is 30.5 Å². The second kappa shape index (κ2) is 4.88. The highest BCUT2D eigenvalue weighted by molar-refractivity contribution is 4.92. The van der Waals surface area contributed by atoms with Crippen LogP contribution in [0.4, 0.5) is 0 Å². The van der Waals surface area contributed by atoms with Gasteiger partial charge in [-0.2, -0.15) is 0 Å². The van der Waals surface area contributed by atoms with Gasteiger partial charge in [0.05, 0.1) is 18.8 Å². The molecule has 5 heteroatoms. The predicted molar refractivity (Wildman–Crippen MR) is 46.0 cm³/mol. The van der Waals surface area contributed by atoms with Crippen LogP contribution in [-0.2, 0) is 0 Å². The second-order valence-corrected chi connectivity index (χ2v) is 3.42. The Balaban J connectivity index is 4.52. The molecule has 0 bridgehead atoms. The van der Waals surface area contributed by atoms with Crippen molar-refractivity contribution in [1.82, 2.24) is 0 Å². The summed E-state index contributed by atoms with van der Waals surface area (Å²) in [6, 6.07) is 0. The van der Waals surface area contributed by atoms with Gasteiger partial charge in [0, 0.05) is 6.42 Å². The summed E-state index contributed by atoms with van der Waals surface area (Å²) in [5, 5.41) is 45.8. The van der Waals surface area contributed by atoms with Gasteiger partial charge in [-0.3, -0.25) is 0 Å². The van der Waals surface area contributed by atoms with Gasteiger partial charge < -0.3 is 25.5 Å². The minimum Gasteiger partial charge on any atom is -0.394 e. The smallest absolute Gasteiger partial charge is 0.121 e. The van der Waals surface area contributed by atoms with Gasteiger partial charge in [0.15, 0.2) is 0 Å². The average Bonchev–Trinajstić information content (AvgIpc) is 2.01. The van der Waals surface area contributed by atoms with Gasteiger partial charge in [-0.05, 0) is 13.8 Å². The fraction of sp³-hybridized carbons (Fsp3) is 1.00. The zero-order chi connectivity index (χ0) is 10.6. The van der Waals surface area contributed by atoms with Gasteiger partial charge in [0.25, 0.3) is 0 Å². The molecular formula is C8H18O5. The monoisotopic (exact) mass is 194 g/mol. The van der Waals surface area contributed by atoms with Crippen LogP contribution in [0.3, 0.4) is 0 Å². The molecule has 0 aromatic heterocycles. The van der Waals surface area contributed by atoms with Gasteiger partial charge >= 0.3 is 0 Å². The summed E-state index contributed by atoms with van der Waals surface area (Å²) in [5.41, 5.74) is -1.86. The van der Waals surface area contributed by atoms with Crippen LogP contribution in [0.1, 0.15) is 20.3 Å². The first-order valence-electron chi connectivity index (χ1n) is 4.22. The Morgan fingerprint density at radius 1 is 1.15 bits per heavy atom. The maximum absolute atomic E-state index is 9.71. The maximum atomic E-state index is 9.71. The lowest BCUT2D eigenvalue weighted by atomic mass is 9.86. The second-order valence-electron chi connectivity index (χ2n) is 3.42. The summed E-state index contributed by atoms with van der Waals surface area (Å²) >= 11 is 0. The van der Waals surface area contributed by atoms with Crippen LogP contribution in [0.25, 0.3) is 0 Å². The van der Waals surface area contributed by atoms with Crippen LogP contribution in [0.5, 0.6) is 0 Å². The number of hydrogen-bond donors (Lipinski definition) is 5. The molecule has 4 unspecified atom stereocenters. The third kappa shape index (κ3) is 3.21. The van der Waals surface area contributed by atoms with Crippen molar-refractivity contribution in [2.24, 2.45) is 0 Å². The molecule has 0 aromatic rings. The van der Waals surface area contributed by atoms with Crippen LogP contribution < -0.4 is 0 Å². The highest BCUT2D eigenvalue weighted by Crippen LogP contribution is 2.22. The standard InChI is InChI=1S/C8H18O5/c1-5(10)3-8(13,6(2)11)7(12)4-9/h5-7,9-13H,3-4H2,1-2H3. The van der Waals surface area contributed by atoms with E-state index in [2.05, 4.69) is 0 Å². The molecule has 5 N–H and O–H groups in total.